The molecule has 0 saturated heterocycles. The Morgan fingerprint density at radius 2 is 1.93 bits per heavy atom. The summed E-state index contributed by atoms with van der Waals surface area (Å²) in [7, 11) is 0. The first-order chi connectivity index (χ1) is 12.8. The first kappa shape index (κ1) is 19.2. The molecule has 0 spiro atoms. The summed E-state index contributed by atoms with van der Waals surface area (Å²) in [5, 5.41) is 0. The molecule has 4 N–H and O–H groups in total. The lowest BCUT2D eigenvalue weighted by Crippen LogP contribution is -2.44. The van der Waals surface area contributed by atoms with Crippen LogP contribution in [-0.4, -0.2) is 39.7 Å². The lowest BCUT2D eigenvalue weighted by Gasteiger charge is -2.31. The molecule has 0 fully saturated rings. The van der Waals surface area contributed by atoms with E-state index in [4.69, 9.17) is 20.9 Å². The smallest absolute Gasteiger partial charge is 0.225 e. The molecule has 0 bridgehead atoms. The molecule has 0 aliphatic carbocycles. The number of nitrogens with two attached hydrogens (primary N) is 2. The van der Waals surface area contributed by atoms with Crippen LogP contribution in [0, 0.1) is 0 Å². The molecule has 1 aromatic carbocycles. The predicted molar refractivity (Wildman–Crippen MR) is 107 cm³/mol. The highest BCUT2D eigenvalue weighted by Crippen LogP contribution is 2.37. The van der Waals surface area contributed by atoms with Gasteiger partial charge >= 0.3 is 0 Å². The third-order valence-corrected chi connectivity index (χ3v) is 4.62. The number of anilines is 2. The van der Waals surface area contributed by atoms with Crippen molar-refractivity contribution in [1.82, 2.24) is 14.9 Å². The Labute approximate surface area is 160 Å². The number of nitrogen functional groups attached to an aromatic ring is 2. The number of nitrogens with zero attached hydrogens (tertiary/aromatic N) is 3. The van der Waals surface area contributed by atoms with Gasteiger partial charge in [0.1, 0.15) is 17.2 Å². The zero-order valence-corrected chi connectivity index (χ0v) is 16.5. The topological polar surface area (TPSA) is 99.5 Å². The summed E-state index contributed by atoms with van der Waals surface area (Å²) in [5.41, 5.74) is 13.4. The Balaban J connectivity index is 1.66. The van der Waals surface area contributed by atoms with Crippen LogP contribution in [0.5, 0.6) is 11.6 Å². The van der Waals surface area contributed by atoms with Crippen molar-refractivity contribution in [1.29, 1.82) is 0 Å². The fourth-order valence-corrected chi connectivity index (χ4v) is 3.44. The van der Waals surface area contributed by atoms with E-state index in [1.165, 1.54) is 5.56 Å². The van der Waals surface area contributed by atoms with Crippen LogP contribution >= 0.6 is 0 Å². The van der Waals surface area contributed by atoms with Crippen LogP contribution in [0.3, 0.4) is 0 Å². The summed E-state index contributed by atoms with van der Waals surface area (Å²) >= 11 is 0. The highest BCUT2D eigenvalue weighted by atomic mass is 16.5. The number of aromatic nitrogens is 2. The van der Waals surface area contributed by atoms with Gasteiger partial charge in [0.2, 0.25) is 11.8 Å². The highest BCUT2D eigenvalue weighted by Gasteiger charge is 2.39. The van der Waals surface area contributed by atoms with Crippen molar-refractivity contribution >= 4 is 11.8 Å². The number of fused-ring (bicyclic) bond motifs is 1. The summed E-state index contributed by atoms with van der Waals surface area (Å²) in [6, 6.07) is 8.26. The van der Waals surface area contributed by atoms with E-state index in [1.54, 1.807) is 0 Å². The first-order valence-electron chi connectivity index (χ1n) is 9.37. The van der Waals surface area contributed by atoms with Gasteiger partial charge in [-0.1, -0.05) is 19.1 Å². The SMILES string of the molecule is CCN(Cc1ccc(OC(C)C)cc1)C[C@]1(C)Cc2c(N)nc(N)nc2O1. The molecule has 1 aromatic heterocycles. The largest absolute Gasteiger partial charge is 0.491 e. The summed E-state index contributed by atoms with van der Waals surface area (Å²) in [6.45, 7) is 10.8. The number of hydrogen-bond donors (Lipinski definition) is 2. The van der Waals surface area contributed by atoms with Gasteiger partial charge in [-0.15, -0.1) is 0 Å². The standard InChI is InChI=1S/C20H29N5O2/c1-5-25(11-14-6-8-15(9-7-14)26-13(2)3)12-20(4)10-16-17(21)23-19(22)24-18(16)27-20/h6-9,13H,5,10-12H2,1-4H3,(H4,21,22,23,24)/t20-/m0/s1. The van der Waals surface area contributed by atoms with Gasteiger partial charge in [0.25, 0.3) is 0 Å². The summed E-state index contributed by atoms with van der Waals surface area (Å²) in [4.78, 5) is 10.6. The molecule has 0 radical (unpaired) electrons. The van der Waals surface area contributed by atoms with Gasteiger partial charge in [-0.3, -0.25) is 4.90 Å². The van der Waals surface area contributed by atoms with Gasteiger partial charge in [-0.2, -0.15) is 9.97 Å². The van der Waals surface area contributed by atoms with E-state index < -0.39 is 5.60 Å². The molecule has 7 nitrogen and oxygen atoms in total. The molecule has 0 amide bonds. The zero-order valence-electron chi connectivity index (χ0n) is 16.5. The van der Waals surface area contributed by atoms with Crippen molar-refractivity contribution in [2.24, 2.45) is 0 Å². The molecule has 7 heteroatoms. The van der Waals surface area contributed by atoms with Crippen molar-refractivity contribution in [3.05, 3.63) is 35.4 Å². The normalized spacial score (nSPS) is 18.6. The summed E-state index contributed by atoms with van der Waals surface area (Å²) in [5.74, 6) is 1.95. The van der Waals surface area contributed by atoms with E-state index in [-0.39, 0.29) is 12.1 Å². The second-order valence-electron chi connectivity index (χ2n) is 7.59. The van der Waals surface area contributed by atoms with Crippen LogP contribution in [0.4, 0.5) is 11.8 Å². The zero-order chi connectivity index (χ0) is 19.6. The van der Waals surface area contributed by atoms with Crippen LogP contribution in [0.25, 0.3) is 0 Å². The first-order valence-corrected chi connectivity index (χ1v) is 9.37. The molecule has 0 unspecified atom stereocenters. The van der Waals surface area contributed by atoms with E-state index in [0.717, 1.165) is 30.9 Å². The number of benzene rings is 1. The number of hydrogen-bond acceptors (Lipinski definition) is 7. The predicted octanol–water partition coefficient (Wildman–Crippen LogP) is 2.64. The van der Waals surface area contributed by atoms with E-state index in [1.807, 2.05) is 26.0 Å². The van der Waals surface area contributed by atoms with Crippen molar-refractivity contribution in [3.8, 4) is 11.6 Å². The molecular formula is C20H29N5O2. The van der Waals surface area contributed by atoms with Crippen molar-refractivity contribution in [2.45, 2.75) is 52.4 Å². The molecule has 1 atom stereocenters. The second kappa shape index (κ2) is 7.60. The molecule has 27 heavy (non-hydrogen) atoms. The Hall–Kier alpha value is -2.54. The Morgan fingerprint density at radius 1 is 1.22 bits per heavy atom. The minimum Gasteiger partial charge on any atom is -0.491 e. The maximum Gasteiger partial charge on any atom is 0.225 e. The Bertz CT molecular complexity index is 794. The Morgan fingerprint density at radius 3 is 2.56 bits per heavy atom. The van der Waals surface area contributed by atoms with Gasteiger partial charge in [-0.05, 0) is 45.0 Å². The fourth-order valence-electron chi connectivity index (χ4n) is 3.44. The van der Waals surface area contributed by atoms with Crippen molar-refractivity contribution < 1.29 is 9.47 Å². The molecule has 1 aliphatic heterocycles. The number of rotatable bonds is 7. The average Bonchev–Trinajstić information content (AvgIpc) is 2.92. The van der Waals surface area contributed by atoms with Crippen molar-refractivity contribution in [2.75, 3.05) is 24.6 Å². The van der Waals surface area contributed by atoms with E-state index in [2.05, 4.69) is 40.8 Å². The fraction of sp³-hybridized carbons (Fsp3) is 0.500. The maximum absolute atomic E-state index is 6.12. The minimum atomic E-state index is -0.407. The van der Waals surface area contributed by atoms with Crippen LogP contribution < -0.4 is 20.9 Å². The molecule has 2 heterocycles. The average molecular weight is 371 g/mol. The quantitative estimate of drug-likeness (QED) is 0.772. The monoisotopic (exact) mass is 371 g/mol. The van der Waals surface area contributed by atoms with Gasteiger partial charge < -0.3 is 20.9 Å². The van der Waals surface area contributed by atoms with Gasteiger partial charge in [0, 0.05) is 19.5 Å². The second-order valence-corrected chi connectivity index (χ2v) is 7.59. The maximum atomic E-state index is 6.12. The van der Waals surface area contributed by atoms with Crippen molar-refractivity contribution in [3.63, 3.8) is 0 Å². The van der Waals surface area contributed by atoms with Gasteiger partial charge in [-0.25, -0.2) is 0 Å². The number of likely N-dealkylation sites (N-methyl/N-ethyl adjacent to an activating group) is 1. The van der Waals surface area contributed by atoms with Crippen LogP contribution in [0.1, 0.15) is 38.8 Å². The third kappa shape index (κ3) is 4.60. The lowest BCUT2D eigenvalue weighted by atomic mass is 9.99. The molecule has 3 rings (SSSR count). The minimum absolute atomic E-state index is 0.145. The van der Waals surface area contributed by atoms with Crippen LogP contribution in [-0.2, 0) is 13.0 Å². The van der Waals surface area contributed by atoms with E-state index >= 15 is 0 Å². The highest BCUT2D eigenvalue weighted by molar-refractivity contribution is 5.52. The molecule has 146 valence electrons. The summed E-state index contributed by atoms with van der Waals surface area (Å²) in [6.07, 6.45) is 0.847. The summed E-state index contributed by atoms with van der Waals surface area (Å²) < 4.78 is 11.8. The van der Waals surface area contributed by atoms with Crippen LogP contribution in [0.15, 0.2) is 24.3 Å². The lowest BCUT2D eigenvalue weighted by molar-refractivity contribution is 0.0591. The Kier molecular flexibility index (Phi) is 5.41. The molecule has 2 aromatic rings. The van der Waals surface area contributed by atoms with Crippen LogP contribution in [0.2, 0.25) is 0 Å². The molecule has 1 aliphatic rings. The van der Waals surface area contributed by atoms with E-state index in [0.29, 0.717) is 18.1 Å². The van der Waals surface area contributed by atoms with Gasteiger partial charge in [0.15, 0.2) is 0 Å². The van der Waals surface area contributed by atoms with Gasteiger partial charge in [0.05, 0.1) is 11.7 Å². The third-order valence-electron chi connectivity index (χ3n) is 4.62. The van der Waals surface area contributed by atoms with E-state index in [9.17, 15) is 0 Å². The number of ether oxygens (including phenoxy) is 2. The molecular weight excluding hydrogens is 342 g/mol. The molecule has 0 saturated carbocycles.